The summed E-state index contributed by atoms with van der Waals surface area (Å²) in [5.74, 6) is 0. The van der Waals surface area contributed by atoms with Gasteiger partial charge in [-0.25, -0.2) is 0 Å². The number of fused-ring (bicyclic) bond motifs is 4. The smallest absolute Gasteiger partial charge is 0.0480 e. The molecule has 0 saturated heterocycles. The van der Waals surface area contributed by atoms with E-state index in [1.165, 1.54) is 70.2 Å². The van der Waals surface area contributed by atoms with Crippen molar-refractivity contribution >= 4 is 22.3 Å². The molecule has 2 aliphatic rings. The summed E-state index contributed by atoms with van der Waals surface area (Å²) in [4.78, 5) is 3.84. The number of aromatic amines is 1. The molecule has 0 atom stereocenters. The third kappa shape index (κ3) is 3.52. The number of rotatable bonds is 2. The maximum atomic E-state index is 3.84. The normalized spacial score (nSPS) is 22.0. The minimum Gasteiger partial charge on any atom is -0.358 e. The number of H-pyrrole nitrogens is 1. The lowest BCUT2D eigenvalue weighted by molar-refractivity contribution is 0.329. The predicted octanol–water partition coefficient (Wildman–Crippen LogP) is 8.92. The molecule has 0 fully saturated rings. The van der Waals surface area contributed by atoms with Crippen LogP contribution in [0.4, 0.5) is 11.4 Å². The van der Waals surface area contributed by atoms with Gasteiger partial charge in [0.1, 0.15) is 0 Å². The van der Waals surface area contributed by atoms with Crippen LogP contribution in [0.5, 0.6) is 0 Å². The van der Waals surface area contributed by atoms with Crippen LogP contribution >= 0.6 is 0 Å². The van der Waals surface area contributed by atoms with Crippen molar-refractivity contribution in [3.05, 3.63) is 58.3 Å². The first-order chi connectivity index (χ1) is 15.2. The van der Waals surface area contributed by atoms with Crippen molar-refractivity contribution in [1.82, 2.24) is 4.98 Å². The topological polar surface area (TPSA) is 27.8 Å². The van der Waals surface area contributed by atoms with Crippen molar-refractivity contribution in [3.63, 3.8) is 0 Å². The van der Waals surface area contributed by atoms with Gasteiger partial charge in [-0.05, 0) is 89.3 Å². The highest BCUT2D eigenvalue weighted by Gasteiger charge is 2.40. The fourth-order valence-electron chi connectivity index (χ4n) is 6.37. The van der Waals surface area contributed by atoms with Crippen molar-refractivity contribution in [2.24, 2.45) is 0 Å². The Morgan fingerprint density at radius 1 is 0.697 bits per heavy atom. The van der Waals surface area contributed by atoms with E-state index in [-0.39, 0.29) is 21.7 Å². The van der Waals surface area contributed by atoms with Gasteiger partial charge < -0.3 is 10.3 Å². The maximum absolute atomic E-state index is 3.84. The van der Waals surface area contributed by atoms with Crippen LogP contribution in [0.1, 0.15) is 109 Å². The molecule has 0 unspecified atom stereocenters. The van der Waals surface area contributed by atoms with Crippen LogP contribution in [0, 0.1) is 6.92 Å². The molecule has 2 aromatic carbocycles. The highest BCUT2D eigenvalue weighted by atomic mass is 14.9. The van der Waals surface area contributed by atoms with Gasteiger partial charge in [-0.3, -0.25) is 0 Å². The first kappa shape index (κ1) is 22.6. The molecule has 0 radical (unpaired) electrons. The highest BCUT2D eigenvalue weighted by Crippen LogP contribution is 2.50. The Morgan fingerprint density at radius 3 is 1.94 bits per heavy atom. The van der Waals surface area contributed by atoms with E-state index in [1.54, 1.807) is 0 Å². The van der Waals surface area contributed by atoms with Gasteiger partial charge in [-0.2, -0.15) is 0 Å². The second-order valence-corrected chi connectivity index (χ2v) is 13.5. The second kappa shape index (κ2) is 6.90. The fourth-order valence-corrected chi connectivity index (χ4v) is 6.37. The van der Waals surface area contributed by atoms with Crippen LogP contribution in [-0.2, 0) is 21.7 Å². The zero-order valence-corrected chi connectivity index (χ0v) is 22.2. The lowest BCUT2D eigenvalue weighted by Crippen LogP contribution is -2.34. The van der Waals surface area contributed by atoms with Crippen molar-refractivity contribution < 1.29 is 0 Å². The molecule has 0 amide bonds. The Bertz CT molecular complexity index is 1250. The van der Waals surface area contributed by atoms with Crippen LogP contribution in [-0.4, -0.2) is 4.98 Å². The minimum absolute atomic E-state index is 0.199. The quantitative estimate of drug-likeness (QED) is 0.407. The summed E-state index contributed by atoms with van der Waals surface area (Å²) in [6.07, 6.45) is 4.95. The fraction of sp³-hybridized carbons (Fsp3) is 0.548. The Morgan fingerprint density at radius 2 is 1.27 bits per heavy atom. The largest absolute Gasteiger partial charge is 0.358 e. The average Bonchev–Trinajstić information content (AvgIpc) is 3.12. The number of anilines is 2. The first-order valence-corrected chi connectivity index (χ1v) is 12.8. The molecule has 2 aliphatic carbocycles. The van der Waals surface area contributed by atoms with E-state index < -0.39 is 0 Å². The lowest BCUT2D eigenvalue weighted by atomic mass is 9.63. The zero-order chi connectivity index (χ0) is 24.0. The second-order valence-electron chi connectivity index (χ2n) is 13.5. The molecule has 1 heterocycles. The average molecular weight is 443 g/mol. The number of hydrogen-bond acceptors (Lipinski definition) is 1. The summed E-state index contributed by atoms with van der Waals surface area (Å²) in [5.41, 5.74) is 11.8. The van der Waals surface area contributed by atoms with Gasteiger partial charge in [0.15, 0.2) is 0 Å². The molecular weight excluding hydrogens is 400 g/mol. The molecule has 0 bridgehead atoms. The Balaban J connectivity index is 1.57. The predicted molar refractivity (Wildman–Crippen MR) is 143 cm³/mol. The number of benzene rings is 2. The van der Waals surface area contributed by atoms with Crippen molar-refractivity contribution in [3.8, 4) is 0 Å². The number of aryl methyl sites for hydroxylation is 1. The van der Waals surface area contributed by atoms with Crippen LogP contribution in [0.25, 0.3) is 10.9 Å². The summed E-state index contributed by atoms with van der Waals surface area (Å²) in [6, 6.07) is 11.8. The standard InChI is InChI=1S/C31H42N2/c1-19-16-22-23(29(4,5)13-12-28(22,2)3)18-24(19)32-20-10-11-21-25(17-20)33-27-26(21)30(6,7)14-15-31(27,8)9/h10-11,16-18,32-33H,12-15H2,1-9H3. The molecule has 176 valence electrons. The maximum Gasteiger partial charge on any atom is 0.0480 e. The van der Waals surface area contributed by atoms with Crippen LogP contribution in [0.2, 0.25) is 0 Å². The molecule has 2 nitrogen and oxygen atoms in total. The molecule has 5 rings (SSSR count). The number of nitrogens with one attached hydrogen (secondary N) is 2. The van der Waals surface area contributed by atoms with Crippen LogP contribution < -0.4 is 5.32 Å². The number of aromatic nitrogens is 1. The Labute approximate surface area is 200 Å². The summed E-state index contributed by atoms with van der Waals surface area (Å²) in [7, 11) is 0. The summed E-state index contributed by atoms with van der Waals surface area (Å²) in [5, 5.41) is 5.17. The third-order valence-electron chi connectivity index (χ3n) is 9.00. The van der Waals surface area contributed by atoms with Crippen molar-refractivity contribution in [1.29, 1.82) is 0 Å². The molecular formula is C31H42N2. The van der Waals surface area contributed by atoms with E-state index in [0.29, 0.717) is 0 Å². The molecule has 2 N–H and O–H groups in total. The molecule has 0 aliphatic heterocycles. The van der Waals surface area contributed by atoms with Crippen molar-refractivity contribution in [2.45, 2.75) is 110 Å². The van der Waals surface area contributed by atoms with E-state index in [2.05, 4.69) is 103 Å². The monoisotopic (exact) mass is 442 g/mol. The highest BCUT2D eigenvalue weighted by molar-refractivity contribution is 5.90. The summed E-state index contributed by atoms with van der Waals surface area (Å²) in [6.45, 7) is 21.4. The van der Waals surface area contributed by atoms with E-state index in [4.69, 9.17) is 0 Å². The summed E-state index contributed by atoms with van der Waals surface area (Å²) < 4.78 is 0. The van der Waals surface area contributed by atoms with E-state index in [0.717, 1.165) is 5.69 Å². The van der Waals surface area contributed by atoms with Gasteiger partial charge in [0.25, 0.3) is 0 Å². The molecule has 33 heavy (non-hydrogen) atoms. The third-order valence-corrected chi connectivity index (χ3v) is 9.00. The van der Waals surface area contributed by atoms with E-state index >= 15 is 0 Å². The minimum atomic E-state index is 0.199. The number of hydrogen-bond donors (Lipinski definition) is 2. The van der Waals surface area contributed by atoms with Gasteiger partial charge in [-0.15, -0.1) is 0 Å². The van der Waals surface area contributed by atoms with Crippen LogP contribution in [0.15, 0.2) is 30.3 Å². The van der Waals surface area contributed by atoms with Gasteiger partial charge in [0, 0.05) is 33.4 Å². The van der Waals surface area contributed by atoms with Gasteiger partial charge in [0.2, 0.25) is 0 Å². The zero-order valence-electron chi connectivity index (χ0n) is 22.2. The van der Waals surface area contributed by atoms with Gasteiger partial charge in [0.05, 0.1) is 0 Å². The Hall–Kier alpha value is -2.22. The first-order valence-electron chi connectivity index (χ1n) is 12.8. The Kier molecular flexibility index (Phi) is 4.72. The van der Waals surface area contributed by atoms with E-state index in [9.17, 15) is 0 Å². The van der Waals surface area contributed by atoms with Gasteiger partial charge in [-0.1, -0.05) is 67.5 Å². The van der Waals surface area contributed by atoms with Crippen LogP contribution in [0.3, 0.4) is 0 Å². The molecule has 2 heteroatoms. The lowest BCUT2D eigenvalue weighted by Gasteiger charge is -2.42. The molecule has 0 spiro atoms. The van der Waals surface area contributed by atoms with Crippen molar-refractivity contribution in [2.75, 3.05) is 5.32 Å². The SMILES string of the molecule is Cc1cc2c(cc1Nc1ccc3c4c([nH]c3c1)C(C)(C)CCC4(C)C)C(C)(C)CCC2(C)C. The van der Waals surface area contributed by atoms with Gasteiger partial charge >= 0.3 is 0 Å². The summed E-state index contributed by atoms with van der Waals surface area (Å²) >= 11 is 0. The van der Waals surface area contributed by atoms with E-state index in [1.807, 2.05) is 0 Å². The molecule has 3 aromatic rings. The molecule has 0 saturated carbocycles. The molecule has 1 aromatic heterocycles.